The predicted molar refractivity (Wildman–Crippen MR) is 78.4 cm³/mol. The summed E-state index contributed by atoms with van der Waals surface area (Å²) in [7, 11) is 0. The number of rotatable bonds is 2. The molecule has 1 heterocycles. The van der Waals surface area contributed by atoms with Gasteiger partial charge in [0.15, 0.2) is 0 Å². The quantitative estimate of drug-likeness (QED) is 0.894. The molecular formula is C14H20Cl2N2. The van der Waals surface area contributed by atoms with Crippen LogP contribution in [0.2, 0.25) is 10.0 Å². The van der Waals surface area contributed by atoms with Crippen LogP contribution < -0.4 is 5.32 Å². The molecule has 0 amide bonds. The van der Waals surface area contributed by atoms with E-state index in [9.17, 15) is 0 Å². The van der Waals surface area contributed by atoms with Crippen LogP contribution in [-0.2, 0) is 6.54 Å². The number of nitrogens with one attached hydrogen (secondary N) is 1. The first kappa shape index (κ1) is 14.1. The molecule has 4 heteroatoms. The number of piperazine rings is 1. The maximum Gasteiger partial charge on any atom is 0.0595 e. The predicted octanol–water partition coefficient (Wildman–Crippen LogP) is 3.57. The van der Waals surface area contributed by atoms with E-state index in [-0.39, 0.29) is 5.54 Å². The van der Waals surface area contributed by atoms with E-state index < -0.39 is 0 Å². The lowest BCUT2D eigenvalue weighted by Crippen LogP contribution is -2.60. The molecule has 100 valence electrons. The van der Waals surface area contributed by atoms with Gasteiger partial charge in [0.25, 0.3) is 0 Å². The second-order valence-corrected chi connectivity index (χ2v) is 6.54. The van der Waals surface area contributed by atoms with Crippen LogP contribution in [0.25, 0.3) is 0 Å². The second-order valence-electron chi connectivity index (χ2n) is 5.72. The standard InChI is InChI=1S/C14H20Cl2N2/c1-10-7-18(14(2,3)9-17-10)8-11-4-5-12(15)13(16)6-11/h4-6,10,17H,7-9H2,1-3H3. The number of hydrogen-bond acceptors (Lipinski definition) is 2. The van der Waals surface area contributed by atoms with Crippen molar-refractivity contribution >= 4 is 23.2 Å². The fourth-order valence-electron chi connectivity index (χ4n) is 2.31. The SMILES string of the molecule is CC1CN(Cc2ccc(Cl)c(Cl)c2)C(C)(C)CN1. The highest BCUT2D eigenvalue weighted by atomic mass is 35.5. The van der Waals surface area contributed by atoms with Gasteiger partial charge in [0.05, 0.1) is 10.0 Å². The molecule has 0 bridgehead atoms. The summed E-state index contributed by atoms with van der Waals surface area (Å²) in [6, 6.07) is 6.42. The highest BCUT2D eigenvalue weighted by Crippen LogP contribution is 2.26. The Bertz CT molecular complexity index is 432. The molecule has 0 radical (unpaired) electrons. The molecule has 1 N–H and O–H groups in total. The van der Waals surface area contributed by atoms with Gasteiger partial charge >= 0.3 is 0 Å². The Labute approximate surface area is 119 Å². The monoisotopic (exact) mass is 286 g/mol. The van der Waals surface area contributed by atoms with Crippen molar-refractivity contribution in [3.63, 3.8) is 0 Å². The Balaban J connectivity index is 2.13. The summed E-state index contributed by atoms with van der Waals surface area (Å²) < 4.78 is 0. The van der Waals surface area contributed by atoms with Gasteiger partial charge in [-0.05, 0) is 38.5 Å². The lowest BCUT2D eigenvalue weighted by atomic mass is 9.97. The molecule has 2 rings (SSSR count). The summed E-state index contributed by atoms with van der Waals surface area (Å²) in [5, 5.41) is 4.77. The molecule has 1 aromatic carbocycles. The minimum absolute atomic E-state index is 0.165. The lowest BCUT2D eigenvalue weighted by molar-refractivity contribution is 0.0627. The van der Waals surface area contributed by atoms with Crippen LogP contribution in [0.1, 0.15) is 26.3 Å². The van der Waals surface area contributed by atoms with Crippen molar-refractivity contribution in [2.75, 3.05) is 13.1 Å². The van der Waals surface area contributed by atoms with Gasteiger partial charge in [-0.15, -0.1) is 0 Å². The Morgan fingerprint density at radius 1 is 1.33 bits per heavy atom. The lowest BCUT2D eigenvalue weighted by Gasteiger charge is -2.45. The maximum atomic E-state index is 6.07. The van der Waals surface area contributed by atoms with E-state index in [0.717, 1.165) is 19.6 Å². The van der Waals surface area contributed by atoms with Gasteiger partial charge in [-0.3, -0.25) is 4.90 Å². The molecule has 1 fully saturated rings. The minimum Gasteiger partial charge on any atom is -0.311 e. The first-order valence-corrected chi connectivity index (χ1v) is 7.06. The topological polar surface area (TPSA) is 15.3 Å². The Morgan fingerprint density at radius 3 is 2.72 bits per heavy atom. The van der Waals surface area contributed by atoms with E-state index in [1.807, 2.05) is 12.1 Å². The van der Waals surface area contributed by atoms with Gasteiger partial charge in [-0.1, -0.05) is 29.3 Å². The summed E-state index contributed by atoms with van der Waals surface area (Å²) in [5.74, 6) is 0. The largest absolute Gasteiger partial charge is 0.311 e. The molecule has 1 atom stereocenters. The van der Waals surface area contributed by atoms with Gasteiger partial charge in [0.2, 0.25) is 0 Å². The van der Waals surface area contributed by atoms with E-state index in [1.165, 1.54) is 5.56 Å². The first-order valence-electron chi connectivity index (χ1n) is 6.31. The van der Waals surface area contributed by atoms with Crippen LogP contribution in [0.5, 0.6) is 0 Å². The fourth-order valence-corrected chi connectivity index (χ4v) is 2.64. The normalized spacial score (nSPS) is 24.2. The van der Waals surface area contributed by atoms with Gasteiger partial charge in [-0.25, -0.2) is 0 Å². The molecule has 0 aliphatic carbocycles. The molecule has 1 aliphatic rings. The van der Waals surface area contributed by atoms with E-state index in [1.54, 1.807) is 0 Å². The minimum atomic E-state index is 0.165. The maximum absolute atomic E-state index is 6.07. The van der Waals surface area contributed by atoms with Crippen LogP contribution in [0, 0.1) is 0 Å². The van der Waals surface area contributed by atoms with Crippen LogP contribution in [0.15, 0.2) is 18.2 Å². The zero-order valence-corrected chi connectivity index (χ0v) is 12.6. The summed E-state index contributed by atoms with van der Waals surface area (Å²) in [4.78, 5) is 2.49. The molecule has 1 saturated heterocycles. The fraction of sp³-hybridized carbons (Fsp3) is 0.571. The summed E-state index contributed by atoms with van der Waals surface area (Å²) in [6.45, 7) is 9.72. The molecule has 0 saturated carbocycles. The van der Waals surface area contributed by atoms with Crippen molar-refractivity contribution < 1.29 is 0 Å². The van der Waals surface area contributed by atoms with E-state index in [4.69, 9.17) is 23.2 Å². The summed E-state index contributed by atoms with van der Waals surface area (Å²) in [6.07, 6.45) is 0. The van der Waals surface area contributed by atoms with Crippen molar-refractivity contribution in [1.82, 2.24) is 10.2 Å². The van der Waals surface area contributed by atoms with Crippen molar-refractivity contribution in [3.8, 4) is 0 Å². The van der Waals surface area contributed by atoms with Crippen LogP contribution in [-0.4, -0.2) is 29.6 Å². The number of hydrogen-bond donors (Lipinski definition) is 1. The first-order chi connectivity index (χ1) is 8.38. The van der Waals surface area contributed by atoms with E-state index in [0.29, 0.717) is 16.1 Å². The zero-order valence-electron chi connectivity index (χ0n) is 11.1. The van der Waals surface area contributed by atoms with Crippen molar-refractivity contribution in [1.29, 1.82) is 0 Å². The molecule has 0 aromatic heterocycles. The average molecular weight is 287 g/mol. The van der Waals surface area contributed by atoms with E-state index in [2.05, 4.69) is 37.1 Å². The number of benzene rings is 1. The highest BCUT2D eigenvalue weighted by molar-refractivity contribution is 6.42. The van der Waals surface area contributed by atoms with Crippen LogP contribution in [0.4, 0.5) is 0 Å². The number of nitrogens with zero attached hydrogens (tertiary/aromatic N) is 1. The average Bonchev–Trinajstić information content (AvgIpc) is 2.29. The van der Waals surface area contributed by atoms with Gasteiger partial charge in [-0.2, -0.15) is 0 Å². The third-order valence-electron chi connectivity index (χ3n) is 3.59. The zero-order chi connectivity index (χ0) is 13.3. The molecule has 2 nitrogen and oxygen atoms in total. The molecule has 0 spiro atoms. The van der Waals surface area contributed by atoms with Gasteiger partial charge < -0.3 is 5.32 Å². The second kappa shape index (κ2) is 5.38. The van der Waals surface area contributed by atoms with Gasteiger partial charge in [0.1, 0.15) is 0 Å². The van der Waals surface area contributed by atoms with Crippen molar-refractivity contribution in [2.45, 2.75) is 38.9 Å². The van der Waals surface area contributed by atoms with E-state index >= 15 is 0 Å². The molecular weight excluding hydrogens is 267 g/mol. The van der Waals surface area contributed by atoms with Crippen LogP contribution >= 0.6 is 23.2 Å². The third kappa shape index (κ3) is 3.18. The third-order valence-corrected chi connectivity index (χ3v) is 4.33. The smallest absolute Gasteiger partial charge is 0.0595 e. The van der Waals surface area contributed by atoms with Crippen molar-refractivity contribution in [3.05, 3.63) is 33.8 Å². The Hall–Kier alpha value is -0.280. The summed E-state index contributed by atoms with van der Waals surface area (Å²) >= 11 is 12.0. The molecule has 1 aromatic rings. The Kier molecular flexibility index (Phi) is 4.22. The molecule has 1 aliphatic heterocycles. The number of halogens is 2. The summed E-state index contributed by atoms with van der Waals surface area (Å²) in [5.41, 5.74) is 1.38. The molecule has 1 unspecified atom stereocenters. The highest BCUT2D eigenvalue weighted by Gasteiger charge is 2.32. The van der Waals surface area contributed by atoms with Crippen molar-refractivity contribution in [2.24, 2.45) is 0 Å². The molecule has 18 heavy (non-hydrogen) atoms. The van der Waals surface area contributed by atoms with Crippen LogP contribution in [0.3, 0.4) is 0 Å². The van der Waals surface area contributed by atoms with Gasteiger partial charge in [0, 0.05) is 31.2 Å². The Morgan fingerprint density at radius 2 is 2.06 bits per heavy atom.